The zero-order valence-corrected chi connectivity index (χ0v) is 14.7. The molecular weight excluding hydrogens is 326 g/mol. The van der Waals surface area contributed by atoms with Crippen LogP contribution in [0.2, 0.25) is 0 Å². The van der Waals surface area contributed by atoms with E-state index < -0.39 is 0 Å². The number of nitrogens with one attached hydrogen (secondary N) is 1. The van der Waals surface area contributed by atoms with Crippen molar-refractivity contribution in [3.8, 4) is 0 Å². The number of nitrogens with zero attached hydrogens (tertiary/aromatic N) is 2. The quantitative estimate of drug-likeness (QED) is 0.812. The first-order chi connectivity index (χ1) is 10.1. The van der Waals surface area contributed by atoms with E-state index in [0.29, 0.717) is 6.04 Å². The van der Waals surface area contributed by atoms with Crippen LogP contribution in [-0.4, -0.2) is 16.1 Å². The lowest BCUT2D eigenvalue weighted by atomic mass is 9.99. The highest BCUT2D eigenvalue weighted by molar-refractivity contribution is 9.10. The summed E-state index contributed by atoms with van der Waals surface area (Å²) in [6.07, 6.45) is 7.04. The van der Waals surface area contributed by atoms with Gasteiger partial charge >= 0.3 is 0 Å². The van der Waals surface area contributed by atoms with E-state index in [1.807, 2.05) is 12.4 Å². The van der Waals surface area contributed by atoms with Crippen molar-refractivity contribution in [2.24, 2.45) is 7.05 Å². The van der Waals surface area contributed by atoms with Crippen LogP contribution in [0.15, 0.2) is 35.1 Å². The number of aromatic nitrogens is 2. The van der Waals surface area contributed by atoms with Gasteiger partial charge in [0, 0.05) is 36.4 Å². The maximum Gasteiger partial charge on any atom is 0.108 e. The Labute approximate surface area is 135 Å². The third-order valence-electron chi connectivity index (χ3n) is 3.82. The summed E-state index contributed by atoms with van der Waals surface area (Å²) in [5, 5.41) is 3.67. The second-order valence-corrected chi connectivity index (χ2v) is 6.27. The summed E-state index contributed by atoms with van der Waals surface area (Å²) >= 11 is 3.75. The van der Waals surface area contributed by atoms with Crippen molar-refractivity contribution in [1.82, 2.24) is 14.9 Å². The summed E-state index contributed by atoms with van der Waals surface area (Å²) < 4.78 is 3.32. The first-order valence-electron chi connectivity index (χ1n) is 7.58. The summed E-state index contributed by atoms with van der Waals surface area (Å²) in [7, 11) is 2.05. The summed E-state index contributed by atoms with van der Waals surface area (Å²) in [5.74, 6) is 1.14. The molecule has 0 fully saturated rings. The predicted molar refractivity (Wildman–Crippen MR) is 91.4 cm³/mol. The van der Waals surface area contributed by atoms with E-state index in [2.05, 4.69) is 69.9 Å². The molecule has 1 N–H and O–H groups in total. The van der Waals surface area contributed by atoms with E-state index in [9.17, 15) is 0 Å². The van der Waals surface area contributed by atoms with E-state index in [-0.39, 0.29) is 0 Å². The molecule has 0 aliphatic carbocycles. The lowest BCUT2D eigenvalue weighted by Crippen LogP contribution is -2.23. The van der Waals surface area contributed by atoms with Gasteiger partial charge in [0.2, 0.25) is 0 Å². The van der Waals surface area contributed by atoms with Gasteiger partial charge in [0.15, 0.2) is 0 Å². The molecule has 0 saturated carbocycles. The summed E-state index contributed by atoms with van der Waals surface area (Å²) in [6, 6.07) is 6.85. The molecule has 4 heteroatoms. The highest BCUT2D eigenvalue weighted by atomic mass is 79.9. The number of halogens is 1. The maximum absolute atomic E-state index is 4.43. The van der Waals surface area contributed by atoms with Crippen molar-refractivity contribution in [2.45, 2.75) is 39.2 Å². The molecule has 21 heavy (non-hydrogen) atoms. The van der Waals surface area contributed by atoms with E-state index in [0.717, 1.165) is 31.6 Å². The highest BCUT2D eigenvalue weighted by Gasteiger charge is 2.15. The van der Waals surface area contributed by atoms with Gasteiger partial charge in [-0.25, -0.2) is 4.98 Å². The zero-order valence-electron chi connectivity index (χ0n) is 13.1. The van der Waals surface area contributed by atoms with Crippen LogP contribution in [-0.2, 0) is 13.5 Å². The molecule has 0 aliphatic rings. The van der Waals surface area contributed by atoms with Gasteiger partial charge in [-0.1, -0.05) is 41.1 Å². The van der Waals surface area contributed by atoms with Crippen molar-refractivity contribution in [3.63, 3.8) is 0 Å². The Bertz CT molecular complexity index is 577. The van der Waals surface area contributed by atoms with E-state index in [4.69, 9.17) is 0 Å². The van der Waals surface area contributed by atoms with Gasteiger partial charge in [-0.15, -0.1) is 0 Å². The molecule has 2 aromatic rings. The second-order valence-electron chi connectivity index (χ2n) is 5.48. The minimum absolute atomic E-state index is 0.357. The molecule has 0 radical (unpaired) electrons. The molecule has 2 rings (SSSR count). The number of hydrogen-bond acceptors (Lipinski definition) is 2. The maximum atomic E-state index is 4.43. The van der Waals surface area contributed by atoms with Crippen LogP contribution in [0.4, 0.5) is 0 Å². The fraction of sp³-hybridized carbons (Fsp3) is 0.471. The summed E-state index contributed by atoms with van der Waals surface area (Å²) in [4.78, 5) is 4.43. The largest absolute Gasteiger partial charge is 0.338 e. The fourth-order valence-corrected chi connectivity index (χ4v) is 3.08. The van der Waals surface area contributed by atoms with Crippen molar-refractivity contribution in [3.05, 3.63) is 52.0 Å². The van der Waals surface area contributed by atoms with Crippen molar-refractivity contribution in [1.29, 1.82) is 0 Å². The Morgan fingerprint density at radius 3 is 2.86 bits per heavy atom. The van der Waals surface area contributed by atoms with Gasteiger partial charge in [0.05, 0.1) is 0 Å². The molecule has 0 aliphatic heterocycles. The Kier molecular flexibility index (Phi) is 6.00. The molecule has 1 aromatic heterocycles. The monoisotopic (exact) mass is 349 g/mol. The molecule has 0 saturated heterocycles. The van der Waals surface area contributed by atoms with Crippen LogP contribution in [0.1, 0.15) is 42.8 Å². The standard InChI is InChI=1S/C17H24BrN3/c1-4-10-19-15(8-9-16-20-11-12-21(16)3)14-7-5-6-13(2)17(14)18/h5-7,11-12,15,19H,4,8-10H2,1-3H3. The van der Waals surface area contributed by atoms with Crippen LogP contribution < -0.4 is 5.32 Å². The second kappa shape index (κ2) is 7.76. The number of aryl methyl sites for hydroxylation is 3. The molecule has 1 atom stereocenters. The number of imidazole rings is 1. The lowest BCUT2D eigenvalue weighted by molar-refractivity contribution is 0.489. The Morgan fingerprint density at radius 1 is 1.38 bits per heavy atom. The molecule has 0 amide bonds. The van der Waals surface area contributed by atoms with Crippen LogP contribution in [0.5, 0.6) is 0 Å². The van der Waals surface area contributed by atoms with Crippen LogP contribution in [0.3, 0.4) is 0 Å². The minimum atomic E-state index is 0.357. The third-order valence-corrected chi connectivity index (χ3v) is 4.90. The first kappa shape index (κ1) is 16.2. The molecule has 1 unspecified atom stereocenters. The van der Waals surface area contributed by atoms with Gasteiger partial charge in [0.25, 0.3) is 0 Å². The Balaban J connectivity index is 2.14. The molecular formula is C17H24BrN3. The fourth-order valence-electron chi connectivity index (χ4n) is 2.54. The minimum Gasteiger partial charge on any atom is -0.338 e. The normalized spacial score (nSPS) is 12.6. The number of hydrogen-bond donors (Lipinski definition) is 1. The van der Waals surface area contributed by atoms with E-state index in [1.54, 1.807) is 0 Å². The molecule has 3 nitrogen and oxygen atoms in total. The van der Waals surface area contributed by atoms with Crippen LogP contribution in [0, 0.1) is 6.92 Å². The molecule has 0 spiro atoms. The Morgan fingerprint density at radius 2 is 2.19 bits per heavy atom. The van der Waals surface area contributed by atoms with Crippen molar-refractivity contribution >= 4 is 15.9 Å². The van der Waals surface area contributed by atoms with Gasteiger partial charge < -0.3 is 9.88 Å². The predicted octanol–water partition coefficient (Wildman–Crippen LogP) is 4.16. The van der Waals surface area contributed by atoms with Gasteiger partial charge in [-0.2, -0.15) is 0 Å². The molecule has 1 aromatic carbocycles. The van der Waals surface area contributed by atoms with Gasteiger partial charge in [-0.3, -0.25) is 0 Å². The summed E-state index contributed by atoms with van der Waals surface area (Å²) in [6.45, 7) is 5.38. The average molecular weight is 350 g/mol. The van der Waals surface area contributed by atoms with E-state index >= 15 is 0 Å². The van der Waals surface area contributed by atoms with E-state index in [1.165, 1.54) is 15.6 Å². The highest BCUT2D eigenvalue weighted by Crippen LogP contribution is 2.29. The number of benzene rings is 1. The molecule has 0 bridgehead atoms. The topological polar surface area (TPSA) is 29.9 Å². The smallest absolute Gasteiger partial charge is 0.108 e. The molecule has 1 heterocycles. The lowest BCUT2D eigenvalue weighted by Gasteiger charge is -2.21. The average Bonchev–Trinajstić information content (AvgIpc) is 2.88. The SMILES string of the molecule is CCCNC(CCc1nccn1C)c1cccc(C)c1Br. The first-order valence-corrected chi connectivity index (χ1v) is 8.37. The zero-order chi connectivity index (χ0) is 15.2. The Hall–Kier alpha value is -1.13. The van der Waals surface area contributed by atoms with Gasteiger partial charge in [0.1, 0.15) is 5.82 Å². The third kappa shape index (κ3) is 4.17. The van der Waals surface area contributed by atoms with Crippen LogP contribution in [0.25, 0.3) is 0 Å². The van der Waals surface area contributed by atoms with Crippen molar-refractivity contribution in [2.75, 3.05) is 6.54 Å². The molecule has 114 valence electrons. The van der Waals surface area contributed by atoms with Crippen molar-refractivity contribution < 1.29 is 0 Å². The summed E-state index contributed by atoms with van der Waals surface area (Å²) in [5.41, 5.74) is 2.63. The van der Waals surface area contributed by atoms with Crippen LogP contribution >= 0.6 is 15.9 Å². The van der Waals surface area contributed by atoms with Gasteiger partial charge in [-0.05, 0) is 37.4 Å². The number of rotatable bonds is 7.